The molecule has 0 aliphatic carbocycles. The Morgan fingerprint density at radius 1 is 1.32 bits per heavy atom. The average molecular weight is 325 g/mol. The van der Waals surface area contributed by atoms with Crippen LogP contribution in [0.15, 0.2) is 47.5 Å². The Morgan fingerprint density at radius 2 is 2.00 bits per heavy atom. The second-order valence-electron chi connectivity index (χ2n) is 4.64. The summed E-state index contributed by atoms with van der Waals surface area (Å²) < 4.78 is 28.2. The predicted molar refractivity (Wildman–Crippen MR) is 78.7 cm³/mol. The van der Waals surface area contributed by atoms with Crippen LogP contribution in [-0.4, -0.2) is 29.6 Å². The molecule has 8 nitrogen and oxygen atoms in total. The van der Waals surface area contributed by atoms with Crippen molar-refractivity contribution in [1.29, 1.82) is 0 Å². The van der Waals surface area contributed by atoms with Crippen LogP contribution < -0.4 is 4.72 Å². The second-order valence-corrected chi connectivity index (χ2v) is 6.37. The molecule has 0 saturated carbocycles. The molecule has 1 aromatic carbocycles. The lowest BCUT2D eigenvalue weighted by molar-refractivity contribution is -0.387. The minimum absolute atomic E-state index is 0.285. The number of hydrogen-bond acceptors (Lipinski definition) is 5. The maximum Gasteiger partial charge on any atom is 0.289 e. The van der Waals surface area contributed by atoms with E-state index in [4.69, 9.17) is 0 Å². The number of aliphatic hydroxyl groups excluding tert-OH is 1. The summed E-state index contributed by atoms with van der Waals surface area (Å²) in [5.74, 6) is 0. The van der Waals surface area contributed by atoms with Gasteiger partial charge in [-0.15, -0.1) is 0 Å². The van der Waals surface area contributed by atoms with E-state index in [1.54, 1.807) is 29.9 Å². The molecule has 1 heterocycles. The Hall–Kier alpha value is -2.23. The van der Waals surface area contributed by atoms with E-state index in [1.165, 1.54) is 12.1 Å². The number of rotatable bonds is 6. The van der Waals surface area contributed by atoms with Crippen molar-refractivity contribution in [3.63, 3.8) is 0 Å². The maximum absolute atomic E-state index is 12.2. The predicted octanol–water partition coefficient (Wildman–Crippen LogP) is 0.945. The number of hydrogen-bond donors (Lipinski definition) is 2. The largest absolute Gasteiger partial charge is 0.386 e. The monoisotopic (exact) mass is 325 g/mol. The van der Waals surface area contributed by atoms with Crippen molar-refractivity contribution in [2.45, 2.75) is 11.0 Å². The van der Waals surface area contributed by atoms with E-state index in [-0.39, 0.29) is 6.54 Å². The summed E-state index contributed by atoms with van der Waals surface area (Å²) in [5, 5.41) is 20.9. The van der Waals surface area contributed by atoms with Gasteiger partial charge >= 0.3 is 0 Å². The molecule has 1 atom stereocenters. The zero-order valence-electron chi connectivity index (χ0n) is 11.7. The van der Waals surface area contributed by atoms with Gasteiger partial charge in [0.25, 0.3) is 5.69 Å². The highest BCUT2D eigenvalue weighted by molar-refractivity contribution is 7.89. The Morgan fingerprint density at radius 3 is 2.59 bits per heavy atom. The molecule has 0 radical (unpaired) electrons. The van der Waals surface area contributed by atoms with Crippen LogP contribution in [0, 0.1) is 10.1 Å². The topological polar surface area (TPSA) is 114 Å². The van der Waals surface area contributed by atoms with Gasteiger partial charge in [-0.3, -0.25) is 10.1 Å². The third kappa shape index (κ3) is 3.32. The summed E-state index contributed by atoms with van der Waals surface area (Å²) in [6.07, 6.45) is 0.660. The van der Waals surface area contributed by atoms with E-state index < -0.39 is 31.6 Å². The number of nitro benzene ring substituents is 1. The van der Waals surface area contributed by atoms with Crippen molar-refractivity contribution in [3.05, 3.63) is 58.4 Å². The highest BCUT2D eigenvalue weighted by atomic mass is 32.2. The van der Waals surface area contributed by atoms with Crippen molar-refractivity contribution < 1.29 is 18.4 Å². The number of aliphatic hydroxyl groups is 1. The standard InChI is InChI=1S/C13H15N3O5S/c1-15-8-4-6-10(15)12(17)9-14-22(20,21)13-7-3-2-5-11(13)16(18)19/h2-8,12,14,17H,9H2,1H3. The number of nitrogens with zero attached hydrogens (tertiary/aromatic N) is 2. The lowest BCUT2D eigenvalue weighted by Gasteiger charge is -2.13. The molecule has 118 valence electrons. The van der Waals surface area contributed by atoms with Crippen LogP contribution in [0.4, 0.5) is 5.69 Å². The molecule has 0 amide bonds. The normalized spacial score (nSPS) is 13.0. The maximum atomic E-state index is 12.2. The fourth-order valence-corrected chi connectivity index (χ4v) is 3.24. The van der Waals surface area contributed by atoms with Gasteiger partial charge in [-0.2, -0.15) is 0 Å². The van der Waals surface area contributed by atoms with Crippen LogP contribution in [0.25, 0.3) is 0 Å². The van der Waals surface area contributed by atoms with E-state index in [0.717, 1.165) is 12.1 Å². The fourth-order valence-electron chi connectivity index (χ4n) is 2.03. The molecule has 22 heavy (non-hydrogen) atoms. The molecule has 2 aromatic rings. The van der Waals surface area contributed by atoms with Crippen LogP contribution >= 0.6 is 0 Å². The lowest BCUT2D eigenvalue weighted by Crippen LogP contribution is -2.29. The molecule has 0 fully saturated rings. The molecule has 2 N–H and O–H groups in total. The zero-order chi connectivity index (χ0) is 16.3. The van der Waals surface area contributed by atoms with Gasteiger partial charge in [0.05, 0.1) is 4.92 Å². The quantitative estimate of drug-likeness (QED) is 0.606. The Balaban J connectivity index is 2.19. The third-order valence-electron chi connectivity index (χ3n) is 3.14. The molecule has 0 bridgehead atoms. The van der Waals surface area contributed by atoms with Crippen LogP contribution in [0.1, 0.15) is 11.8 Å². The first-order valence-corrected chi connectivity index (χ1v) is 7.83. The fraction of sp³-hybridized carbons (Fsp3) is 0.231. The second kappa shape index (κ2) is 6.26. The van der Waals surface area contributed by atoms with Crippen LogP contribution in [0.3, 0.4) is 0 Å². The van der Waals surface area contributed by atoms with Crippen molar-refractivity contribution >= 4 is 15.7 Å². The van der Waals surface area contributed by atoms with Crippen molar-refractivity contribution in [1.82, 2.24) is 9.29 Å². The van der Waals surface area contributed by atoms with Gasteiger partial charge in [-0.1, -0.05) is 12.1 Å². The van der Waals surface area contributed by atoms with Gasteiger partial charge in [0, 0.05) is 31.5 Å². The SMILES string of the molecule is Cn1cccc1C(O)CNS(=O)(=O)c1ccccc1[N+](=O)[O-]. The Labute approximate surface area is 127 Å². The summed E-state index contributed by atoms with van der Waals surface area (Å²) in [6.45, 7) is -0.285. The van der Waals surface area contributed by atoms with Crippen molar-refractivity contribution in [3.8, 4) is 0 Å². The summed E-state index contributed by atoms with van der Waals surface area (Å²) in [6, 6.07) is 8.42. The molecule has 0 aliphatic heterocycles. The summed E-state index contributed by atoms with van der Waals surface area (Å²) in [7, 11) is -2.38. The lowest BCUT2D eigenvalue weighted by atomic mass is 10.2. The number of aromatic nitrogens is 1. The number of sulfonamides is 1. The smallest absolute Gasteiger partial charge is 0.289 e. The van der Waals surface area contributed by atoms with Gasteiger partial charge in [0.1, 0.15) is 6.10 Å². The molecular formula is C13H15N3O5S. The summed E-state index contributed by atoms with van der Waals surface area (Å²) >= 11 is 0. The molecule has 0 spiro atoms. The first-order valence-electron chi connectivity index (χ1n) is 6.35. The van der Waals surface area contributed by atoms with E-state index in [9.17, 15) is 23.6 Å². The molecule has 1 aromatic heterocycles. The van der Waals surface area contributed by atoms with Crippen LogP contribution in [0.5, 0.6) is 0 Å². The Bertz CT molecular complexity index is 784. The van der Waals surface area contributed by atoms with Crippen LogP contribution in [0.2, 0.25) is 0 Å². The molecule has 0 aliphatic rings. The minimum atomic E-state index is -4.10. The zero-order valence-corrected chi connectivity index (χ0v) is 12.5. The van der Waals surface area contributed by atoms with Crippen molar-refractivity contribution in [2.75, 3.05) is 6.54 Å². The third-order valence-corrected chi connectivity index (χ3v) is 4.61. The molecule has 2 rings (SSSR count). The number of para-hydroxylation sites is 1. The highest BCUT2D eigenvalue weighted by Crippen LogP contribution is 2.23. The van der Waals surface area contributed by atoms with Gasteiger partial charge in [-0.05, 0) is 18.2 Å². The summed E-state index contributed by atoms with van der Waals surface area (Å²) in [4.78, 5) is 9.71. The Kier molecular flexibility index (Phi) is 4.59. The van der Waals surface area contributed by atoms with Gasteiger partial charge in [-0.25, -0.2) is 13.1 Å². The first-order chi connectivity index (χ1) is 10.3. The van der Waals surface area contributed by atoms with E-state index in [0.29, 0.717) is 5.69 Å². The molecular weight excluding hydrogens is 310 g/mol. The number of nitro groups is 1. The van der Waals surface area contributed by atoms with Gasteiger partial charge in [0.2, 0.25) is 10.0 Å². The van der Waals surface area contributed by atoms with E-state index in [1.807, 2.05) is 0 Å². The van der Waals surface area contributed by atoms with E-state index in [2.05, 4.69) is 4.72 Å². The minimum Gasteiger partial charge on any atom is -0.386 e. The highest BCUT2D eigenvalue weighted by Gasteiger charge is 2.25. The number of benzene rings is 1. The summed E-state index contributed by atoms with van der Waals surface area (Å²) in [5.41, 5.74) is 0.0219. The van der Waals surface area contributed by atoms with Crippen LogP contribution in [-0.2, 0) is 17.1 Å². The molecule has 0 saturated heterocycles. The van der Waals surface area contributed by atoms with Gasteiger partial charge in [0.15, 0.2) is 4.90 Å². The molecule has 1 unspecified atom stereocenters. The first kappa shape index (κ1) is 16.1. The molecule has 9 heteroatoms. The van der Waals surface area contributed by atoms with Crippen molar-refractivity contribution in [2.24, 2.45) is 7.05 Å². The average Bonchev–Trinajstić information content (AvgIpc) is 2.91. The number of aryl methyl sites for hydroxylation is 1. The number of nitrogens with one attached hydrogen (secondary N) is 1. The van der Waals surface area contributed by atoms with Gasteiger partial charge < -0.3 is 9.67 Å². The van der Waals surface area contributed by atoms with E-state index >= 15 is 0 Å².